The summed E-state index contributed by atoms with van der Waals surface area (Å²) >= 11 is 0. The standard InChI is InChI=1S/C18H21N5O3/c1-13(24)22-9-11-23(12-10-22)17(25)16-7-8-19-18(21-16)20-14-3-5-15(26-2)6-4-14/h3-8H,9-12H2,1-2H3,(H,19,20,21). The van der Waals surface area contributed by atoms with Gasteiger partial charge in [0.05, 0.1) is 7.11 Å². The predicted molar refractivity (Wildman–Crippen MR) is 96.5 cm³/mol. The molecule has 1 aromatic carbocycles. The number of piperazine rings is 1. The van der Waals surface area contributed by atoms with Gasteiger partial charge >= 0.3 is 0 Å². The first-order chi connectivity index (χ1) is 12.6. The first kappa shape index (κ1) is 17.7. The molecule has 0 aliphatic carbocycles. The number of anilines is 2. The van der Waals surface area contributed by atoms with Crippen molar-refractivity contribution < 1.29 is 14.3 Å². The maximum Gasteiger partial charge on any atom is 0.272 e. The minimum absolute atomic E-state index is 0.0325. The number of carbonyl (C=O) groups excluding carboxylic acids is 2. The van der Waals surface area contributed by atoms with Crippen molar-refractivity contribution in [1.82, 2.24) is 19.8 Å². The molecule has 0 radical (unpaired) electrons. The molecule has 0 unspecified atom stereocenters. The maximum atomic E-state index is 12.7. The van der Waals surface area contributed by atoms with Crippen molar-refractivity contribution in [3.63, 3.8) is 0 Å². The predicted octanol–water partition coefficient (Wildman–Crippen LogP) is 1.53. The summed E-state index contributed by atoms with van der Waals surface area (Å²) in [6.07, 6.45) is 1.55. The SMILES string of the molecule is COc1ccc(Nc2nccc(C(=O)N3CCN(C(C)=O)CC3)n2)cc1. The van der Waals surface area contributed by atoms with Gasteiger partial charge < -0.3 is 19.9 Å². The van der Waals surface area contributed by atoms with Gasteiger partial charge in [-0.1, -0.05) is 0 Å². The highest BCUT2D eigenvalue weighted by Crippen LogP contribution is 2.18. The van der Waals surface area contributed by atoms with Gasteiger partial charge in [0.15, 0.2) is 0 Å². The number of rotatable bonds is 4. The van der Waals surface area contributed by atoms with Crippen LogP contribution in [0, 0.1) is 0 Å². The number of hydrogen-bond acceptors (Lipinski definition) is 6. The topological polar surface area (TPSA) is 87.7 Å². The summed E-state index contributed by atoms with van der Waals surface area (Å²) in [6.45, 7) is 3.64. The zero-order valence-electron chi connectivity index (χ0n) is 14.8. The number of hydrogen-bond donors (Lipinski definition) is 1. The minimum atomic E-state index is -0.159. The van der Waals surface area contributed by atoms with Gasteiger partial charge in [0.1, 0.15) is 11.4 Å². The Morgan fingerprint density at radius 2 is 1.69 bits per heavy atom. The number of nitrogens with zero attached hydrogens (tertiary/aromatic N) is 4. The van der Waals surface area contributed by atoms with E-state index in [0.717, 1.165) is 11.4 Å². The highest BCUT2D eigenvalue weighted by atomic mass is 16.5. The first-order valence-corrected chi connectivity index (χ1v) is 8.36. The van der Waals surface area contributed by atoms with Crippen LogP contribution < -0.4 is 10.1 Å². The molecule has 8 nitrogen and oxygen atoms in total. The van der Waals surface area contributed by atoms with Crippen LogP contribution in [0.15, 0.2) is 36.5 Å². The van der Waals surface area contributed by atoms with E-state index in [1.54, 1.807) is 36.1 Å². The van der Waals surface area contributed by atoms with Crippen molar-refractivity contribution in [3.05, 3.63) is 42.2 Å². The number of aromatic nitrogens is 2. The maximum absolute atomic E-state index is 12.7. The molecule has 2 heterocycles. The van der Waals surface area contributed by atoms with E-state index in [9.17, 15) is 9.59 Å². The van der Waals surface area contributed by atoms with Crippen LogP contribution >= 0.6 is 0 Å². The Bertz CT molecular complexity index is 786. The zero-order chi connectivity index (χ0) is 18.5. The Kier molecular flexibility index (Phi) is 5.31. The van der Waals surface area contributed by atoms with Crippen LogP contribution in [0.2, 0.25) is 0 Å². The third-order valence-electron chi connectivity index (χ3n) is 4.23. The second kappa shape index (κ2) is 7.81. The molecule has 0 atom stereocenters. The molecule has 0 bridgehead atoms. The molecule has 0 saturated carbocycles. The molecule has 1 saturated heterocycles. The average Bonchev–Trinajstić information content (AvgIpc) is 2.68. The Labute approximate surface area is 151 Å². The van der Waals surface area contributed by atoms with Crippen molar-refractivity contribution in [3.8, 4) is 5.75 Å². The molecule has 8 heteroatoms. The lowest BCUT2D eigenvalue weighted by molar-refractivity contribution is -0.130. The third-order valence-corrected chi connectivity index (χ3v) is 4.23. The molecule has 1 N–H and O–H groups in total. The summed E-state index contributed by atoms with van der Waals surface area (Å²) < 4.78 is 5.13. The number of methoxy groups -OCH3 is 1. The third kappa shape index (κ3) is 4.08. The largest absolute Gasteiger partial charge is 0.497 e. The summed E-state index contributed by atoms with van der Waals surface area (Å²) in [5.74, 6) is 0.979. The lowest BCUT2D eigenvalue weighted by Crippen LogP contribution is -2.50. The van der Waals surface area contributed by atoms with Gasteiger partial charge in [-0.3, -0.25) is 9.59 Å². The Hall–Kier alpha value is -3.16. The fraction of sp³-hybridized carbons (Fsp3) is 0.333. The molecular formula is C18H21N5O3. The monoisotopic (exact) mass is 355 g/mol. The highest BCUT2D eigenvalue weighted by Gasteiger charge is 2.24. The Morgan fingerprint density at radius 1 is 1.04 bits per heavy atom. The Morgan fingerprint density at radius 3 is 2.31 bits per heavy atom. The van der Waals surface area contributed by atoms with Gasteiger partial charge in [0.2, 0.25) is 11.9 Å². The van der Waals surface area contributed by atoms with Crippen LogP contribution in [0.3, 0.4) is 0 Å². The summed E-state index contributed by atoms with van der Waals surface area (Å²) in [6, 6.07) is 8.94. The second-order valence-corrected chi connectivity index (χ2v) is 5.92. The van der Waals surface area contributed by atoms with Crippen molar-refractivity contribution >= 4 is 23.5 Å². The van der Waals surface area contributed by atoms with Crippen LogP contribution in [0.1, 0.15) is 17.4 Å². The number of benzene rings is 1. The molecule has 0 spiro atoms. The van der Waals surface area contributed by atoms with Gasteiger partial charge in [-0.25, -0.2) is 9.97 Å². The molecule has 2 amide bonds. The average molecular weight is 355 g/mol. The van der Waals surface area contributed by atoms with Gasteiger partial charge in [-0.15, -0.1) is 0 Å². The van der Waals surface area contributed by atoms with E-state index in [1.807, 2.05) is 24.3 Å². The summed E-state index contributed by atoms with van der Waals surface area (Å²) in [7, 11) is 1.61. The van der Waals surface area contributed by atoms with Crippen LogP contribution in [-0.2, 0) is 4.79 Å². The fourth-order valence-electron chi connectivity index (χ4n) is 2.73. The minimum Gasteiger partial charge on any atom is -0.497 e. The lowest BCUT2D eigenvalue weighted by Gasteiger charge is -2.34. The molecule has 2 aromatic rings. The quantitative estimate of drug-likeness (QED) is 0.895. The number of amides is 2. The van der Waals surface area contributed by atoms with E-state index >= 15 is 0 Å². The first-order valence-electron chi connectivity index (χ1n) is 8.36. The van der Waals surface area contributed by atoms with Gasteiger partial charge in [0, 0.05) is 45.0 Å². The zero-order valence-corrected chi connectivity index (χ0v) is 14.8. The lowest BCUT2D eigenvalue weighted by atomic mass is 10.2. The van der Waals surface area contributed by atoms with E-state index in [1.165, 1.54) is 0 Å². The molecule has 26 heavy (non-hydrogen) atoms. The molecule has 1 aromatic heterocycles. The van der Waals surface area contributed by atoms with Crippen LogP contribution in [-0.4, -0.2) is 64.9 Å². The van der Waals surface area contributed by atoms with E-state index in [2.05, 4.69) is 15.3 Å². The fourth-order valence-corrected chi connectivity index (χ4v) is 2.73. The number of carbonyl (C=O) groups is 2. The van der Waals surface area contributed by atoms with E-state index < -0.39 is 0 Å². The normalized spacial score (nSPS) is 14.1. The van der Waals surface area contributed by atoms with E-state index in [-0.39, 0.29) is 11.8 Å². The molecule has 1 aliphatic rings. The van der Waals surface area contributed by atoms with Crippen molar-refractivity contribution in [2.45, 2.75) is 6.92 Å². The van der Waals surface area contributed by atoms with Gasteiger partial charge in [-0.2, -0.15) is 0 Å². The van der Waals surface area contributed by atoms with Crippen LogP contribution in [0.25, 0.3) is 0 Å². The molecule has 3 rings (SSSR count). The van der Waals surface area contributed by atoms with Crippen molar-refractivity contribution in [2.75, 3.05) is 38.6 Å². The molecular weight excluding hydrogens is 334 g/mol. The summed E-state index contributed by atoms with van der Waals surface area (Å²) in [5, 5.41) is 3.07. The molecule has 1 aliphatic heterocycles. The van der Waals surface area contributed by atoms with Crippen molar-refractivity contribution in [1.29, 1.82) is 0 Å². The number of ether oxygens (including phenoxy) is 1. The summed E-state index contributed by atoms with van der Waals surface area (Å²) in [5.41, 5.74) is 1.12. The van der Waals surface area contributed by atoms with E-state index in [4.69, 9.17) is 4.74 Å². The van der Waals surface area contributed by atoms with Crippen molar-refractivity contribution in [2.24, 2.45) is 0 Å². The summed E-state index contributed by atoms with van der Waals surface area (Å²) in [4.78, 5) is 36.0. The van der Waals surface area contributed by atoms with Gasteiger partial charge in [0.25, 0.3) is 5.91 Å². The molecule has 136 valence electrons. The van der Waals surface area contributed by atoms with Crippen LogP contribution in [0.4, 0.5) is 11.6 Å². The van der Waals surface area contributed by atoms with Gasteiger partial charge in [-0.05, 0) is 30.3 Å². The van der Waals surface area contributed by atoms with Crippen LogP contribution in [0.5, 0.6) is 5.75 Å². The molecule has 1 fully saturated rings. The second-order valence-electron chi connectivity index (χ2n) is 5.92. The Balaban J connectivity index is 1.66. The highest BCUT2D eigenvalue weighted by molar-refractivity contribution is 5.92. The smallest absolute Gasteiger partial charge is 0.272 e. The van der Waals surface area contributed by atoms with E-state index in [0.29, 0.717) is 37.8 Å². The number of nitrogens with one attached hydrogen (secondary N) is 1.